The number of carbonyl (C=O) groups is 1. The average molecular weight is 270 g/mol. The lowest BCUT2D eigenvalue weighted by Gasteiger charge is -2.54. The predicted octanol–water partition coefficient (Wildman–Crippen LogP) is 2.97. The van der Waals surface area contributed by atoms with E-state index in [1.54, 1.807) is 0 Å². The maximum atomic E-state index is 10.9. The summed E-state index contributed by atoms with van der Waals surface area (Å²) < 4.78 is 0. The summed E-state index contributed by atoms with van der Waals surface area (Å²) in [5, 5.41) is 16.1. The van der Waals surface area contributed by atoms with Gasteiger partial charge in [-0.2, -0.15) is 5.06 Å². The van der Waals surface area contributed by atoms with E-state index in [2.05, 4.69) is 5.16 Å². The summed E-state index contributed by atoms with van der Waals surface area (Å²) in [6.45, 7) is 11.5. The summed E-state index contributed by atoms with van der Waals surface area (Å²) in [4.78, 5) is 15.7. The van der Waals surface area contributed by atoms with Gasteiger partial charge in [-0.3, -0.25) is 0 Å². The molecule has 3 unspecified atom stereocenters. The third-order valence-electron chi connectivity index (χ3n) is 4.76. The Kier molecular flexibility index (Phi) is 4.74. The number of nitrogens with zero attached hydrogens (tertiary/aromatic N) is 2. The molecular formula is C14H26N2O3. The Bertz CT molecular complexity index is 383. The zero-order chi connectivity index (χ0) is 14.8. The van der Waals surface area contributed by atoms with E-state index in [4.69, 9.17) is 4.84 Å². The Hall–Kier alpha value is -0.940. The van der Waals surface area contributed by atoms with Gasteiger partial charge in [0.15, 0.2) is 0 Å². The second-order valence-corrected chi connectivity index (χ2v) is 5.94. The molecule has 1 rings (SSSR count). The van der Waals surface area contributed by atoms with Gasteiger partial charge in [0.05, 0.1) is 11.3 Å². The molecule has 1 aliphatic heterocycles. The molecule has 0 bridgehead atoms. The maximum absolute atomic E-state index is 10.9. The highest BCUT2D eigenvalue weighted by atomic mass is 16.7. The summed E-state index contributed by atoms with van der Waals surface area (Å²) >= 11 is 0. The lowest BCUT2D eigenvalue weighted by molar-refractivity contribution is -0.249. The van der Waals surface area contributed by atoms with Gasteiger partial charge >= 0.3 is 5.97 Å². The Morgan fingerprint density at radius 2 is 2.05 bits per heavy atom. The van der Waals surface area contributed by atoms with Crippen molar-refractivity contribution in [2.24, 2.45) is 11.1 Å². The van der Waals surface area contributed by atoms with Crippen LogP contribution in [0.4, 0.5) is 0 Å². The summed E-state index contributed by atoms with van der Waals surface area (Å²) in [5.41, 5.74) is 0.0623. The van der Waals surface area contributed by atoms with E-state index in [0.717, 1.165) is 18.6 Å². The van der Waals surface area contributed by atoms with Crippen molar-refractivity contribution in [3.63, 3.8) is 0 Å². The number of hydroxylamine groups is 2. The van der Waals surface area contributed by atoms with Crippen LogP contribution in [0.2, 0.25) is 0 Å². The number of rotatable bonds is 3. The monoisotopic (exact) mass is 270 g/mol. The number of oxime groups is 1. The van der Waals surface area contributed by atoms with E-state index in [1.807, 2.05) is 34.6 Å². The largest absolute Gasteiger partial charge is 0.331 e. The fourth-order valence-corrected chi connectivity index (χ4v) is 2.74. The zero-order valence-corrected chi connectivity index (χ0v) is 12.9. The average Bonchev–Trinajstić information content (AvgIpc) is 2.39. The maximum Gasteiger partial charge on any atom is 0.331 e. The van der Waals surface area contributed by atoms with Crippen LogP contribution >= 0.6 is 0 Å². The van der Waals surface area contributed by atoms with Gasteiger partial charge in [0, 0.05) is 24.8 Å². The van der Waals surface area contributed by atoms with Crippen molar-refractivity contribution in [3.8, 4) is 0 Å². The molecule has 0 radical (unpaired) electrons. The van der Waals surface area contributed by atoms with Crippen LogP contribution in [-0.4, -0.2) is 33.0 Å². The standard InChI is InChI=1S/C14H26N2O3/c1-7-13(5)9-12(15-19-11(4)17)10(3)14(6,8-2)16(13)18/h10,18H,7-9H2,1-6H3. The second-order valence-electron chi connectivity index (χ2n) is 5.94. The van der Waals surface area contributed by atoms with Crippen molar-refractivity contribution in [2.45, 2.75) is 71.9 Å². The molecule has 0 aromatic heterocycles. The van der Waals surface area contributed by atoms with E-state index >= 15 is 0 Å². The lowest BCUT2D eigenvalue weighted by atomic mass is 9.70. The highest BCUT2D eigenvalue weighted by Crippen LogP contribution is 2.42. The van der Waals surface area contributed by atoms with Crippen LogP contribution in [0.5, 0.6) is 0 Å². The first kappa shape index (κ1) is 16.1. The number of hydrogen-bond donors (Lipinski definition) is 1. The minimum atomic E-state index is -0.414. The minimum absolute atomic E-state index is 0.0291. The molecule has 1 N–H and O–H groups in total. The molecule has 0 amide bonds. The molecule has 0 spiro atoms. The molecule has 5 heteroatoms. The highest BCUT2D eigenvalue weighted by Gasteiger charge is 2.51. The molecule has 1 fully saturated rings. The molecular weight excluding hydrogens is 244 g/mol. The van der Waals surface area contributed by atoms with Gasteiger partial charge in [-0.15, -0.1) is 0 Å². The molecule has 1 aliphatic rings. The quantitative estimate of drug-likeness (QED) is 0.632. The Balaban J connectivity index is 3.16. The van der Waals surface area contributed by atoms with Crippen molar-refractivity contribution in [1.29, 1.82) is 0 Å². The number of carbonyl (C=O) groups excluding carboxylic acids is 1. The third kappa shape index (κ3) is 2.82. The van der Waals surface area contributed by atoms with E-state index in [-0.39, 0.29) is 11.5 Å². The van der Waals surface area contributed by atoms with Crippen molar-refractivity contribution in [3.05, 3.63) is 0 Å². The normalized spacial score (nSPS) is 38.5. The minimum Gasteiger partial charge on any atom is -0.319 e. The molecule has 0 aliphatic carbocycles. The first-order valence-corrected chi connectivity index (χ1v) is 6.94. The van der Waals surface area contributed by atoms with Crippen molar-refractivity contribution in [1.82, 2.24) is 5.06 Å². The van der Waals surface area contributed by atoms with E-state index in [0.29, 0.717) is 6.42 Å². The van der Waals surface area contributed by atoms with Crippen LogP contribution in [0.1, 0.15) is 60.8 Å². The molecule has 1 saturated heterocycles. The van der Waals surface area contributed by atoms with Crippen molar-refractivity contribution in [2.75, 3.05) is 0 Å². The van der Waals surface area contributed by atoms with Crippen LogP contribution in [0.15, 0.2) is 5.16 Å². The predicted molar refractivity (Wildman–Crippen MR) is 74.0 cm³/mol. The van der Waals surface area contributed by atoms with Gasteiger partial charge in [0.2, 0.25) is 0 Å². The van der Waals surface area contributed by atoms with Crippen LogP contribution in [0.25, 0.3) is 0 Å². The van der Waals surface area contributed by atoms with Gasteiger partial charge in [-0.25, -0.2) is 4.79 Å². The van der Waals surface area contributed by atoms with Gasteiger partial charge in [0.1, 0.15) is 0 Å². The fourth-order valence-electron chi connectivity index (χ4n) is 2.74. The van der Waals surface area contributed by atoms with Crippen LogP contribution < -0.4 is 0 Å². The molecule has 3 atom stereocenters. The second kappa shape index (κ2) is 5.59. The summed E-state index contributed by atoms with van der Waals surface area (Å²) in [6, 6.07) is 0. The van der Waals surface area contributed by atoms with Crippen molar-refractivity contribution < 1.29 is 14.8 Å². The van der Waals surface area contributed by atoms with Crippen LogP contribution in [-0.2, 0) is 9.63 Å². The van der Waals surface area contributed by atoms with Gasteiger partial charge < -0.3 is 10.0 Å². The highest BCUT2D eigenvalue weighted by molar-refractivity contribution is 5.89. The van der Waals surface area contributed by atoms with Gasteiger partial charge in [-0.1, -0.05) is 25.9 Å². The first-order valence-electron chi connectivity index (χ1n) is 6.94. The van der Waals surface area contributed by atoms with E-state index in [1.165, 1.54) is 12.0 Å². The molecule has 19 heavy (non-hydrogen) atoms. The molecule has 0 saturated carbocycles. The number of piperidine rings is 1. The molecule has 0 aromatic rings. The van der Waals surface area contributed by atoms with Crippen LogP contribution in [0.3, 0.4) is 0 Å². The Morgan fingerprint density at radius 3 is 2.47 bits per heavy atom. The van der Waals surface area contributed by atoms with E-state index < -0.39 is 11.5 Å². The summed E-state index contributed by atoms with van der Waals surface area (Å²) in [7, 11) is 0. The topological polar surface area (TPSA) is 62.1 Å². The first-order chi connectivity index (χ1) is 8.71. The Labute approximate surface area is 115 Å². The van der Waals surface area contributed by atoms with Crippen molar-refractivity contribution >= 4 is 11.7 Å². The molecule has 1 heterocycles. The van der Waals surface area contributed by atoms with Gasteiger partial charge in [0.25, 0.3) is 0 Å². The summed E-state index contributed by atoms with van der Waals surface area (Å²) in [5.74, 6) is -0.385. The van der Waals surface area contributed by atoms with Crippen LogP contribution in [0, 0.1) is 5.92 Å². The summed E-state index contributed by atoms with van der Waals surface area (Å²) in [6.07, 6.45) is 2.19. The zero-order valence-electron chi connectivity index (χ0n) is 12.9. The molecule has 0 aromatic carbocycles. The number of hydrogen-bond acceptors (Lipinski definition) is 5. The third-order valence-corrected chi connectivity index (χ3v) is 4.76. The molecule has 110 valence electrons. The molecule has 5 nitrogen and oxygen atoms in total. The van der Waals surface area contributed by atoms with Gasteiger partial charge in [-0.05, 0) is 26.7 Å². The SMILES string of the molecule is CCC1(C)CC(=NOC(C)=O)C(C)C(C)(CC)N1O. The lowest BCUT2D eigenvalue weighted by Crippen LogP contribution is -2.65. The smallest absolute Gasteiger partial charge is 0.319 e. The van der Waals surface area contributed by atoms with E-state index in [9.17, 15) is 10.0 Å². The Morgan fingerprint density at radius 1 is 1.47 bits per heavy atom. The fraction of sp³-hybridized carbons (Fsp3) is 0.857.